The van der Waals surface area contributed by atoms with Crippen LogP contribution in [0.4, 0.5) is 5.82 Å². The Hall–Kier alpha value is -1.62. The minimum Gasteiger partial charge on any atom is -0.352 e. The summed E-state index contributed by atoms with van der Waals surface area (Å²) in [4.78, 5) is 16.4. The molecule has 1 heterocycles. The summed E-state index contributed by atoms with van der Waals surface area (Å²) in [5, 5.41) is 2.95. The van der Waals surface area contributed by atoms with E-state index in [2.05, 4.69) is 15.7 Å². The first kappa shape index (κ1) is 13.8. The number of rotatable bonds is 6. The van der Waals surface area contributed by atoms with Crippen LogP contribution >= 0.6 is 0 Å². The average Bonchev–Trinajstić information content (AvgIpc) is 3.22. The molecule has 0 bridgehead atoms. The molecule has 5 heteroatoms. The molecule has 1 saturated carbocycles. The molecule has 2 rings (SSSR count). The predicted molar refractivity (Wildman–Crippen MR) is 75.8 cm³/mol. The van der Waals surface area contributed by atoms with Crippen LogP contribution in [0, 0.1) is 5.92 Å². The summed E-state index contributed by atoms with van der Waals surface area (Å²) < 4.78 is 0. The summed E-state index contributed by atoms with van der Waals surface area (Å²) >= 11 is 0. The lowest BCUT2D eigenvalue weighted by molar-refractivity contribution is 0.0952. The molecule has 5 nitrogen and oxygen atoms in total. The quantitative estimate of drug-likeness (QED) is 0.541. The van der Waals surface area contributed by atoms with Gasteiger partial charge in [0.2, 0.25) is 0 Å². The van der Waals surface area contributed by atoms with Crippen LogP contribution < -0.4 is 16.6 Å². The highest BCUT2D eigenvalue weighted by Gasteiger charge is 2.20. The summed E-state index contributed by atoms with van der Waals surface area (Å²) in [6.45, 7) is 4.82. The Kier molecular flexibility index (Phi) is 4.37. The molecule has 0 spiro atoms. The number of carbonyl (C=O) groups excluding carboxylic acids is 1. The summed E-state index contributed by atoms with van der Waals surface area (Å²) in [6.07, 6.45) is 3.70. The maximum atomic E-state index is 12.1. The van der Waals surface area contributed by atoms with Gasteiger partial charge in [0.15, 0.2) is 0 Å². The van der Waals surface area contributed by atoms with Crippen LogP contribution in [-0.2, 0) is 0 Å². The van der Waals surface area contributed by atoms with Crippen molar-refractivity contribution in [2.75, 3.05) is 12.0 Å². The lowest BCUT2D eigenvalue weighted by Gasteiger charge is -2.11. The minimum absolute atomic E-state index is 0.0542. The van der Waals surface area contributed by atoms with E-state index in [0.717, 1.165) is 24.6 Å². The van der Waals surface area contributed by atoms with Gasteiger partial charge in [0.25, 0.3) is 5.91 Å². The van der Waals surface area contributed by atoms with Crippen LogP contribution in [0.2, 0.25) is 0 Å². The Morgan fingerprint density at radius 2 is 2.21 bits per heavy atom. The second-order valence-corrected chi connectivity index (χ2v) is 5.45. The number of nitrogen functional groups attached to an aromatic ring is 1. The Morgan fingerprint density at radius 3 is 2.79 bits per heavy atom. The number of carbonyl (C=O) groups is 1. The maximum absolute atomic E-state index is 12.1. The van der Waals surface area contributed by atoms with Crippen LogP contribution in [0.15, 0.2) is 12.1 Å². The van der Waals surface area contributed by atoms with Gasteiger partial charge in [-0.25, -0.2) is 10.8 Å². The zero-order valence-electron chi connectivity index (χ0n) is 11.6. The van der Waals surface area contributed by atoms with Gasteiger partial charge in [0, 0.05) is 17.8 Å². The molecular weight excluding hydrogens is 240 g/mol. The fraction of sp³-hybridized carbons (Fsp3) is 0.571. The van der Waals surface area contributed by atoms with Gasteiger partial charge in [-0.1, -0.05) is 26.7 Å². The summed E-state index contributed by atoms with van der Waals surface area (Å²) in [5.74, 6) is 6.94. The number of nitrogens with two attached hydrogens (primary N) is 1. The average molecular weight is 262 g/mol. The number of hydrogen-bond acceptors (Lipinski definition) is 4. The van der Waals surface area contributed by atoms with E-state index in [1.165, 1.54) is 12.8 Å². The van der Waals surface area contributed by atoms with Crippen molar-refractivity contribution in [2.24, 2.45) is 11.8 Å². The molecule has 4 N–H and O–H groups in total. The standard InChI is InChI=1S/C14H22N4O/c1-9(2)12-7-11(8-13(17-12)18-15)14(19)16-6-5-10-3-4-10/h7-10H,3-6,15H2,1-2H3,(H,16,19)(H,17,18). The lowest BCUT2D eigenvalue weighted by atomic mass is 10.1. The van der Waals surface area contributed by atoms with Crippen molar-refractivity contribution in [3.05, 3.63) is 23.4 Å². The first-order valence-corrected chi connectivity index (χ1v) is 6.87. The van der Waals surface area contributed by atoms with Gasteiger partial charge in [-0.05, 0) is 30.4 Å². The number of amides is 1. The Balaban J connectivity index is 2.03. The monoisotopic (exact) mass is 262 g/mol. The molecule has 1 aliphatic rings. The third-order valence-electron chi connectivity index (χ3n) is 3.38. The Bertz CT molecular complexity index is 455. The van der Waals surface area contributed by atoms with E-state index >= 15 is 0 Å². The van der Waals surface area contributed by atoms with Gasteiger partial charge in [-0.3, -0.25) is 4.79 Å². The van der Waals surface area contributed by atoms with Crippen molar-refractivity contribution in [3.63, 3.8) is 0 Å². The van der Waals surface area contributed by atoms with Gasteiger partial charge in [0.1, 0.15) is 5.82 Å². The lowest BCUT2D eigenvalue weighted by Crippen LogP contribution is -2.25. The molecule has 1 aromatic rings. The molecule has 0 aromatic carbocycles. The van der Waals surface area contributed by atoms with Crippen molar-refractivity contribution in [1.29, 1.82) is 0 Å². The molecule has 0 atom stereocenters. The molecule has 0 aliphatic heterocycles. The van der Waals surface area contributed by atoms with Crippen LogP contribution in [-0.4, -0.2) is 17.4 Å². The van der Waals surface area contributed by atoms with E-state index in [1.807, 2.05) is 19.9 Å². The molecule has 19 heavy (non-hydrogen) atoms. The Morgan fingerprint density at radius 1 is 1.47 bits per heavy atom. The van der Waals surface area contributed by atoms with Gasteiger partial charge in [-0.2, -0.15) is 0 Å². The second-order valence-electron chi connectivity index (χ2n) is 5.45. The molecule has 1 aliphatic carbocycles. The van der Waals surface area contributed by atoms with Crippen molar-refractivity contribution >= 4 is 11.7 Å². The summed E-state index contributed by atoms with van der Waals surface area (Å²) in [7, 11) is 0. The van der Waals surface area contributed by atoms with E-state index in [1.54, 1.807) is 6.07 Å². The topological polar surface area (TPSA) is 80.0 Å². The fourth-order valence-electron chi connectivity index (χ4n) is 1.95. The summed E-state index contributed by atoms with van der Waals surface area (Å²) in [5.41, 5.74) is 3.99. The highest BCUT2D eigenvalue weighted by molar-refractivity contribution is 5.95. The van der Waals surface area contributed by atoms with Gasteiger partial charge < -0.3 is 10.7 Å². The molecule has 0 radical (unpaired) electrons. The van der Waals surface area contributed by atoms with Crippen LogP contribution in [0.5, 0.6) is 0 Å². The smallest absolute Gasteiger partial charge is 0.251 e. The fourth-order valence-corrected chi connectivity index (χ4v) is 1.95. The number of nitrogens with zero attached hydrogens (tertiary/aromatic N) is 1. The SMILES string of the molecule is CC(C)c1cc(C(=O)NCCC2CC2)cc(NN)n1. The summed E-state index contributed by atoms with van der Waals surface area (Å²) in [6, 6.07) is 3.51. The molecule has 1 amide bonds. The van der Waals surface area contributed by atoms with Gasteiger partial charge >= 0.3 is 0 Å². The number of aromatic nitrogens is 1. The first-order valence-electron chi connectivity index (χ1n) is 6.87. The second kappa shape index (κ2) is 6.02. The van der Waals surface area contributed by atoms with Crippen LogP contribution in [0.3, 0.4) is 0 Å². The molecule has 1 fully saturated rings. The zero-order valence-corrected chi connectivity index (χ0v) is 11.6. The number of hydrazine groups is 1. The third-order valence-corrected chi connectivity index (χ3v) is 3.38. The van der Waals surface area contributed by atoms with Crippen molar-refractivity contribution in [2.45, 2.75) is 39.0 Å². The highest BCUT2D eigenvalue weighted by Crippen LogP contribution is 2.31. The zero-order chi connectivity index (χ0) is 13.8. The van der Waals surface area contributed by atoms with Crippen LogP contribution in [0.1, 0.15) is 55.1 Å². The molecular formula is C14H22N4O. The van der Waals surface area contributed by atoms with Crippen molar-refractivity contribution in [3.8, 4) is 0 Å². The molecule has 104 valence electrons. The molecule has 0 unspecified atom stereocenters. The maximum Gasteiger partial charge on any atom is 0.251 e. The number of hydrogen-bond donors (Lipinski definition) is 3. The minimum atomic E-state index is -0.0542. The largest absolute Gasteiger partial charge is 0.352 e. The highest BCUT2D eigenvalue weighted by atomic mass is 16.1. The van der Waals surface area contributed by atoms with Crippen molar-refractivity contribution in [1.82, 2.24) is 10.3 Å². The predicted octanol–water partition coefficient (Wildman–Crippen LogP) is 2.02. The van der Waals surface area contributed by atoms with E-state index in [9.17, 15) is 4.79 Å². The third kappa shape index (κ3) is 3.92. The number of nitrogens with one attached hydrogen (secondary N) is 2. The van der Waals surface area contributed by atoms with Crippen LogP contribution in [0.25, 0.3) is 0 Å². The van der Waals surface area contributed by atoms with E-state index in [0.29, 0.717) is 11.4 Å². The Labute approximate surface area is 114 Å². The molecule has 1 aromatic heterocycles. The van der Waals surface area contributed by atoms with Gasteiger partial charge in [0.05, 0.1) is 0 Å². The normalized spacial score (nSPS) is 14.5. The van der Waals surface area contributed by atoms with E-state index in [4.69, 9.17) is 5.84 Å². The van der Waals surface area contributed by atoms with Gasteiger partial charge in [-0.15, -0.1) is 0 Å². The number of anilines is 1. The molecule has 0 saturated heterocycles. The van der Waals surface area contributed by atoms with Crippen molar-refractivity contribution < 1.29 is 4.79 Å². The van der Waals surface area contributed by atoms with E-state index < -0.39 is 0 Å². The van der Waals surface area contributed by atoms with E-state index in [-0.39, 0.29) is 11.8 Å². The first-order chi connectivity index (χ1) is 9.10. The number of pyridine rings is 1.